The van der Waals surface area contributed by atoms with Crippen LogP contribution >= 0.6 is 0 Å². The first-order chi connectivity index (χ1) is 11.7. The minimum absolute atomic E-state index is 0.172. The molecule has 6 heteroatoms. The number of rotatable bonds is 3. The Kier molecular flexibility index (Phi) is 5.08. The molecule has 0 aromatic carbocycles. The van der Waals surface area contributed by atoms with Gasteiger partial charge >= 0.3 is 0 Å². The zero-order valence-electron chi connectivity index (χ0n) is 14.6. The Morgan fingerprint density at radius 1 is 1.08 bits per heavy atom. The number of ether oxygens (including phenoxy) is 3. The van der Waals surface area contributed by atoms with Crippen LogP contribution in [0.2, 0.25) is 0 Å². The van der Waals surface area contributed by atoms with E-state index in [4.69, 9.17) is 14.2 Å². The van der Waals surface area contributed by atoms with Crippen molar-refractivity contribution in [2.24, 2.45) is 0 Å². The van der Waals surface area contributed by atoms with Crippen LogP contribution in [0.3, 0.4) is 0 Å². The third kappa shape index (κ3) is 3.62. The van der Waals surface area contributed by atoms with E-state index in [1.807, 2.05) is 4.90 Å². The summed E-state index contributed by atoms with van der Waals surface area (Å²) in [7, 11) is 0. The molecule has 0 radical (unpaired) electrons. The second kappa shape index (κ2) is 7.28. The zero-order valence-corrected chi connectivity index (χ0v) is 14.6. The van der Waals surface area contributed by atoms with Gasteiger partial charge in [-0.3, -0.25) is 9.69 Å². The first-order valence-corrected chi connectivity index (χ1v) is 9.59. The molecule has 1 spiro atoms. The molecule has 0 bridgehead atoms. The van der Waals surface area contributed by atoms with Gasteiger partial charge in [-0.15, -0.1) is 0 Å². The van der Waals surface area contributed by atoms with Crippen molar-refractivity contribution in [1.29, 1.82) is 0 Å². The second-order valence-electron chi connectivity index (χ2n) is 7.77. The van der Waals surface area contributed by atoms with Gasteiger partial charge in [-0.05, 0) is 32.1 Å². The fraction of sp³-hybridized carbons (Fsp3) is 0.944. The fourth-order valence-electron chi connectivity index (χ4n) is 4.69. The first-order valence-electron chi connectivity index (χ1n) is 9.59. The number of amides is 1. The van der Waals surface area contributed by atoms with Crippen LogP contribution in [0, 0.1) is 0 Å². The van der Waals surface area contributed by atoms with E-state index >= 15 is 0 Å². The summed E-state index contributed by atoms with van der Waals surface area (Å²) in [6.45, 7) is 6.83. The lowest BCUT2D eigenvalue weighted by Crippen LogP contribution is -2.50. The minimum atomic E-state index is -0.178. The van der Waals surface area contributed by atoms with Gasteiger partial charge in [0, 0.05) is 51.9 Å². The quantitative estimate of drug-likeness (QED) is 0.770. The van der Waals surface area contributed by atoms with E-state index in [0.717, 1.165) is 78.1 Å². The van der Waals surface area contributed by atoms with E-state index in [2.05, 4.69) is 4.90 Å². The summed E-state index contributed by atoms with van der Waals surface area (Å²) < 4.78 is 17.9. The number of hydrogen-bond acceptors (Lipinski definition) is 5. The van der Waals surface area contributed by atoms with Gasteiger partial charge in [0.15, 0.2) is 0 Å². The van der Waals surface area contributed by atoms with Crippen molar-refractivity contribution in [1.82, 2.24) is 9.80 Å². The number of likely N-dealkylation sites (tertiary alicyclic amines) is 1. The maximum absolute atomic E-state index is 11.9. The smallest absolute Gasteiger partial charge is 0.222 e. The Labute approximate surface area is 144 Å². The van der Waals surface area contributed by atoms with Crippen LogP contribution in [-0.2, 0) is 19.0 Å². The Balaban J connectivity index is 1.37. The van der Waals surface area contributed by atoms with Crippen LogP contribution in [0.4, 0.5) is 0 Å². The lowest BCUT2D eigenvalue weighted by Gasteiger charge is -2.38. The van der Waals surface area contributed by atoms with Crippen LogP contribution < -0.4 is 0 Å². The van der Waals surface area contributed by atoms with Crippen molar-refractivity contribution in [3.63, 3.8) is 0 Å². The van der Waals surface area contributed by atoms with Crippen molar-refractivity contribution in [3.05, 3.63) is 0 Å². The van der Waals surface area contributed by atoms with E-state index in [1.165, 1.54) is 0 Å². The fourth-order valence-corrected chi connectivity index (χ4v) is 4.69. The Morgan fingerprint density at radius 3 is 2.75 bits per heavy atom. The van der Waals surface area contributed by atoms with Crippen LogP contribution in [0.5, 0.6) is 0 Å². The van der Waals surface area contributed by atoms with Crippen molar-refractivity contribution in [3.8, 4) is 0 Å². The third-order valence-corrected chi connectivity index (χ3v) is 6.02. The molecule has 2 atom stereocenters. The predicted molar refractivity (Wildman–Crippen MR) is 88.9 cm³/mol. The molecule has 4 aliphatic rings. The number of nitrogens with zero attached hydrogens (tertiary/aromatic N) is 2. The highest BCUT2D eigenvalue weighted by Gasteiger charge is 2.45. The maximum atomic E-state index is 11.9. The summed E-state index contributed by atoms with van der Waals surface area (Å²) in [5.74, 6) is 0.292. The number of carbonyl (C=O) groups excluding carboxylic acids is 1. The predicted octanol–water partition coefficient (Wildman–Crippen LogP) is 1.04. The summed E-state index contributed by atoms with van der Waals surface area (Å²) in [4.78, 5) is 16.4. The molecule has 4 aliphatic heterocycles. The van der Waals surface area contributed by atoms with Gasteiger partial charge in [0.1, 0.15) is 5.60 Å². The van der Waals surface area contributed by atoms with Gasteiger partial charge in [0.25, 0.3) is 0 Å². The van der Waals surface area contributed by atoms with Crippen LogP contribution in [0.15, 0.2) is 0 Å². The highest BCUT2D eigenvalue weighted by Crippen LogP contribution is 2.35. The molecule has 1 amide bonds. The molecule has 4 saturated heterocycles. The van der Waals surface area contributed by atoms with Crippen LogP contribution in [0.1, 0.15) is 38.5 Å². The molecule has 0 aliphatic carbocycles. The highest BCUT2D eigenvalue weighted by molar-refractivity contribution is 5.78. The Hall–Kier alpha value is -0.690. The molecule has 0 aromatic heterocycles. The number of hydrogen-bond donors (Lipinski definition) is 0. The van der Waals surface area contributed by atoms with Crippen LogP contribution in [0.25, 0.3) is 0 Å². The molecular weight excluding hydrogens is 308 g/mol. The molecular formula is C18H30N2O4. The van der Waals surface area contributed by atoms with E-state index in [0.29, 0.717) is 25.0 Å². The molecule has 136 valence electrons. The van der Waals surface area contributed by atoms with E-state index in [9.17, 15) is 4.79 Å². The average molecular weight is 338 g/mol. The molecule has 4 fully saturated rings. The molecule has 0 aromatic rings. The summed E-state index contributed by atoms with van der Waals surface area (Å²) in [6.07, 6.45) is 6.18. The summed E-state index contributed by atoms with van der Waals surface area (Å²) in [6, 6.07) is 0.597. The largest absolute Gasteiger partial charge is 0.381 e. The summed E-state index contributed by atoms with van der Waals surface area (Å²) in [5.41, 5.74) is -0.178. The SMILES string of the molecule is O=C1CCCN1C[C@@H]1CC[C@@]2(COCCN(C3CCOCC3)C2)O1. The van der Waals surface area contributed by atoms with Gasteiger partial charge in [-0.2, -0.15) is 0 Å². The molecule has 6 nitrogen and oxygen atoms in total. The van der Waals surface area contributed by atoms with Crippen molar-refractivity contribution < 1.29 is 19.0 Å². The molecule has 24 heavy (non-hydrogen) atoms. The zero-order chi connectivity index (χ0) is 16.4. The van der Waals surface area contributed by atoms with E-state index in [-0.39, 0.29) is 11.7 Å². The molecule has 0 N–H and O–H groups in total. The molecule has 4 rings (SSSR count). The monoisotopic (exact) mass is 338 g/mol. The van der Waals surface area contributed by atoms with Crippen molar-refractivity contribution in [2.45, 2.75) is 56.3 Å². The minimum Gasteiger partial charge on any atom is -0.381 e. The third-order valence-electron chi connectivity index (χ3n) is 6.02. The van der Waals surface area contributed by atoms with Crippen molar-refractivity contribution >= 4 is 5.91 Å². The second-order valence-corrected chi connectivity index (χ2v) is 7.77. The summed E-state index contributed by atoms with van der Waals surface area (Å²) >= 11 is 0. The standard InChI is InChI=1S/C18H30N2O4/c21-17-2-1-7-19(17)12-16-3-6-18(24-16)13-20(8-11-23-14-18)15-4-9-22-10-5-15/h15-16H,1-14H2/t16-,18+/m0/s1. The maximum Gasteiger partial charge on any atom is 0.222 e. The van der Waals surface area contributed by atoms with Gasteiger partial charge < -0.3 is 19.1 Å². The normalized spacial score (nSPS) is 36.6. The topological polar surface area (TPSA) is 51.2 Å². The number of carbonyl (C=O) groups is 1. The van der Waals surface area contributed by atoms with Gasteiger partial charge in [0.05, 0.1) is 19.3 Å². The lowest BCUT2D eigenvalue weighted by molar-refractivity contribution is -0.132. The van der Waals surface area contributed by atoms with Gasteiger partial charge in [-0.25, -0.2) is 0 Å². The van der Waals surface area contributed by atoms with Gasteiger partial charge in [0.2, 0.25) is 5.91 Å². The average Bonchev–Trinajstić information content (AvgIpc) is 3.11. The highest BCUT2D eigenvalue weighted by atomic mass is 16.6. The van der Waals surface area contributed by atoms with Crippen LogP contribution in [-0.4, -0.2) is 86.1 Å². The van der Waals surface area contributed by atoms with Crippen molar-refractivity contribution in [2.75, 3.05) is 52.6 Å². The van der Waals surface area contributed by atoms with E-state index in [1.54, 1.807) is 0 Å². The first kappa shape index (κ1) is 16.8. The summed E-state index contributed by atoms with van der Waals surface area (Å²) in [5, 5.41) is 0. The molecule has 4 heterocycles. The Bertz CT molecular complexity index is 454. The lowest BCUT2D eigenvalue weighted by atomic mass is 9.98. The Morgan fingerprint density at radius 2 is 1.96 bits per heavy atom. The molecule has 0 unspecified atom stereocenters. The molecule has 0 saturated carbocycles. The van der Waals surface area contributed by atoms with Gasteiger partial charge in [-0.1, -0.05) is 0 Å². The van der Waals surface area contributed by atoms with E-state index < -0.39 is 0 Å².